The van der Waals surface area contributed by atoms with Gasteiger partial charge in [0.05, 0.1) is 18.2 Å². The summed E-state index contributed by atoms with van der Waals surface area (Å²) in [6, 6.07) is 8.10. The average molecular weight is 259 g/mol. The molecule has 0 radical (unpaired) electrons. The second-order valence-electron chi connectivity index (χ2n) is 4.74. The van der Waals surface area contributed by atoms with Gasteiger partial charge in [-0.2, -0.15) is 0 Å². The van der Waals surface area contributed by atoms with Gasteiger partial charge in [-0.15, -0.1) is 0 Å². The van der Waals surface area contributed by atoms with E-state index in [2.05, 4.69) is 35.2 Å². The Balaban J connectivity index is 1.90. The zero-order valence-electron chi connectivity index (χ0n) is 11.6. The van der Waals surface area contributed by atoms with E-state index in [1.165, 1.54) is 5.56 Å². The van der Waals surface area contributed by atoms with E-state index in [4.69, 9.17) is 4.42 Å². The smallest absolute Gasteiger partial charge is 0.126 e. The zero-order valence-corrected chi connectivity index (χ0v) is 11.6. The van der Waals surface area contributed by atoms with E-state index in [-0.39, 0.29) is 0 Å². The van der Waals surface area contributed by atoms with Gasteiger partial charge in [-0.1, -0.05) is 13.0 Å². The molecule has 2 aromatic rings. The van der Waals surface area contributed by atoms with Crippen LogP contribution >= 0.6 is 0 Å². The van der Waals surface area contributed by atoms with E-state index < -0.39 is 0 Å². The van der Waals surface area contributed by atoms with Crippen molar-refractivity contribution in [1.29, 1.82) is 0 Å². The summed E-state index contributed by atoms with van der Waals surface area (Å²) < 4.78 is 5.08. The maximum absolute atomic E-state index is 5.08. The van der Waals surface area contributed by atoms with E-state index in [9.17, 15) is 0 Å². The summed E-state index contributed by atoms with van der Waals surface area (Å²) in [4.78, 5) is 6.82. The Morgan fingerprint density at radius 3 is 2.89 bits per heavy atom. The van der Waals surface area contributed by atoms with Gasteiger partial charge in [-0.3, -0.25) is 4.90 Å². The summed E-state index contributed by atoms with van der Waals surface area (Å²) in [6.07, 6.45) is 4.59. The Morgan fingerprint density at radius 2 is 2.16 bits per heavy atom. The van der Waals surface area contributed by atoms with Crippen molar-refractivity contribution in [2.24, 2.45) is 0 Å². The van der Waals surface area contributed by atoms with Crippen molar-refractivity contribution in [3.8, 4) is 0 Å². The Bertz CT molecular complexity index is 482. The normalized spacial score (nSPS) is 10.9. The molecule has 19 heavy (non-hydrogen) atoms. The van der Waals surface area contributed by atoms with Gasteiger partial charge in [0.15, 0.2) is 0 Å². The first-order valence-electron chi connectivity index (χ1n) is 6.67. The molecule has 4 nitrogen and oxygen atoms in total. The first kappa shape index (κ1) is 13.6. The molecule has 2 heterocycles. The summed E-state index contributed by atoms with van der Waals surface area (Å²) in [5.74, 6) is 0.955. The van der Waals surface area contributed by atoms with Crippen molar-refractivity contribution in [3.05, 3.63) is 48.0 Å². The highest BCUT2D eigenvalue weighted by molar-refractivity contribution is 5.35. The van der Waals surface area contributed by atoms with Crippen LogP contribution < -0.4 is 5.32 Å². The fourth-order valence-electron chi connectivity index (χ4n) is 1.95. The minimum absolute atomic E-state index is 0.826. The first-order valence-corrected chi connectivity index (χ1v) is 6.67. The monoisotopic (exact) mass is 259 g/mol. The molecule has 4 heteroatoms. The van der Waals surface area contributed by atoms with Gasteiger partial charge in [0.25, 0.3) is 0 Å². The summed E-state index contributed by atoms with van der Waals surface area (Å²) in [7, 11) is 2.08. The predicted octanol–water partition coefficient (Wildman–Crippen LogP) is 3.13. The SMILES string of the molecule is CCCNc1cccc(CN(C)Cc2ccoc2)n1. The molecule has 0 atom stereocenters. The number of nitrogens with zero attached hydrogens (tertiary/aromatic N) is 2. The molecule has 0 saturated heterocycles. The van der Waals surface area contributed by atoms with E-state index in [1.807, 2.05) is 18.2 Å². The molecule has 1 N–H and O–H groups in total. The minimum Gasteiger partial charge on any atom is -0.472 e. The molecule has 0 aromatic carbocycles. The molecule has 0 fully saturated rings. The molecular formula is C15H21N3O. The lowest BCUT2D eigenvalue weighted by Crippen LogP contribution is -2.18. The van der Waals surface area contributed by atoms with Crippen LogP contribution in [0, 0.1) is 0 Å². The molecule has 2 rings (SSSR count). The van der Waals surface area contributed by atoms with E-state index in [1.54, 1.807) is 12.5 Å². The lowest BCUT2D eigenvalue weighted by molar-refractivity contribution is 0.314. The lowest BCUT2D eigenvalue weighted by atomic mass is 10.3. The Labute approximate surface area is 114 Å². The maximum atomic E-state index is 5.08. The van der Waals surface area contributed by atoms with Gasteiger partial charge in [-0.25, -0.2) is 4.98 Å². The van der Waals surface area contributed by atoms with Gasteiger partial charge in [-0.05, 0) is 31.7 Å². The van der Waals surface area contributed by atoms with Crippen molar-refractivity contribution in [2.75, 3.05) is 18.9 Å². The molecule has 0 saturated carbocycles. The van der Waals surface area contributed by atoms with Gasteiger partial charge in [0, 0.05) is 25.2 Å². The lowest BCUT2D eigenvalue weighted by Gasteiger charge is -2.15. The van der Waals surface area contributed by atoms with Crippen LogP contribution in [0.15, 0.2) is 41.2 Å². The van der Waals surface area contributed by atoms with Crippen molar-refractivity contribution in [1.82, 2.24) is 9.88 Å². The van der Waals surface area contributed by atoms with Crippen LogP contribution in [0.25, 0.3) is 0 Å². The number of aromatic nitrogens is 1. The van der Waals surface area contributed by atoms with E-state index in [0.29, 0.717) is 0 Å². The van der Waals surface area contributed by atoms with Crippen molar-refractivity contribution < 1.29 is 4.42 Å². The van der Waals surface area contributed by atoms with E-state index in [0.717, 1.165) is 37.6 Å². The Hall–Kier alpha value is -1.81. The number of hydrogen-bond donors (Lipinski definition) is 1. The van der Waals surface area contributed by atoms with Crippen LogP contribution in [0.5, 0.6) is 0 Å². The quantitative estimate of drug-likeness (QED) is 0.829. The zero-order chi connectivity index (χ0) is 13.5. The van der Waals surface area contributed by atoms with Gasteiger partial charge < -0.3 is 9.73 Å². The van der Waals surface area contributed by atoms with Gasteiger partial charge in [0.2, 0.25) is 0 Å². The number of nitrogens with one attached hydrogen (secondary N) is 1. The largest absolute Gasteiger partial charge is 0.472 e. The summed E-state index contributed by atoms with van der Waals surface area (Å²) in [5, 5.41) is 3.31. The summed E-state index contributed by atoms with van der Waals surface area (Å²) >= 11 is 0. The number of hydrogen-bond acceptors (Lipinski definition) is 4. The fraction of sp³-hybridized carbons (Fsp3) is 0.400. The molecule has 0 amide bonds. The standard InChI is InChI=1S/C15H21N3O/c1-3-8-16-15-6-4-5-14(17-15)11-18(2)10-13-7-9-19-12-13/h4-7,9,12H,3,8,10-11H2,1-2H3,(H,16,17). The van der Waals surface area contributed by atoms with Crippen molar-refractivity contribution >= 4 is 5.82 Å². The maximum Gasteiger partial charge on any atom is 0.126 e. The summed E-state index contributed by atoms with van der Waals surface area (Å²) in [6.45, 7) is 4.80. The minimum atomic E-state index is 0.826. The van der Waals surface area contributed by atoms with Crippen LogP contribution in [0.3, 0.4) is 0 Å². The number of furan rings is 1. The van der Waals surface area contributed by atoms with Crippen molar-refractivity contribution in [3.63, 3.8) is 0 Å². The molecule has 0 aliphatic carbocycles. The molecule has 0 bridgehead atoms. The van der Waals surface area contributed by atoms with Gasteiger partial charge >= 0.3 is 0 Å². The van der Waals surface area contributed by atoms with E-state index >= 15 is 0 Å². The molecular weight excluding hydrogens is 238 g/mol. The Morgan fingerprint density at radius 1 is 1.26 bits per heavy atom. The van der Waals surface area contributed by atoms with Crippen LogP contribution in [0.4, 0.5) is 5.82 Å². The number of anilines is 1. The molecule has 0 spiro atoms. The van der Waals surface area contributed by atoms with Crippen LogP contribution in [-0.2, 0) is 13.1 Å². The average Bonchev–Trinajstić information content (AvgIpc) is 2.89. The van der Waals surface area contributed by atoms with Crippen LogP contribution in [0.2, 0.25) is 0 Å². The fourth-order valence-corrected chi connectivity index (χ4v) is 1.95. The highest BCUT2D eigenvalue weighted by Gasteiger charge is 2.04. The molecule has 0 aliphatic rings. The first-order chi connectivity index (χ1) is 9.28. The predicted molar refractivity (Wildman–Crippen MR) is 76.9 cm³/mol. The second kappa shape index (κ2) is 6.95. The third kappa shape index (κ3) is 4.41. The highest BCUT2D eigenvalue weighted by atomic mass is 16.3. The second-order valence-corrected chi connectivity index (χ2v) is 4.74. The third-order valence-corrected chi connectivity index (χ3v) is 2.83. The number of pyridine rings is 1. The highest BCUT2D eigenvalue weighted by Crippen LogP contribution is 2.09. The molecule has 102 valence electrons. The van der Waals surface area contributed by atoms with Crippen LogP contribution in [0.1, 0.15) is 24.6 Å². The Kier molecular flexibility index (Phi) is 4.98. The van der Waals surface area contributed by atoms with Gasteiger partial charge in [0.1, 0.15) is 5.82 Å². The summed E-state index contributed by atoms with van der Waals surface area (Å²) in [5.41, 5.74) is 2.26. The molecule has 2 aromatic heterocycles. The topological polar surface area (TPSA) is 41.3 Å². The molecule has 0 aliphatic heterocycles. The van der Waals surface area contributed by atoms with Crippen molar-refractivity contribution in [2.45, 2.75) is 26.4 Å². The van der Waals surface area contributed by atoms with Crippen LogP contribution in [-0.4, -0.2) is 23.5 Å². The third-order valence-electron chi connectivity index (χ3n) is 2.83. The number of rotatable bonds is 7. The molecule has 0 unspecified atom stereocenters.